The van der Waals surface area contributed by atoms with Crippen molar-refractivity contribution in [3.8, 4) is 0 Å². The first-order valence-corrected chi connectivity index (χ1v) is 8.42. The van der Waals surface area contributed by atoms with E-state index in [0.29, 0.717) is 19.1 Å². The highest BCUT2D eigenvalue weighted by molar-refractivity contribution is 5.52. The number of aliphatic hydroxyl groups is 1. The van der Waals surface area contributed by atoms with E-state index in [1.807, 2.05) is 0 Å². The Labute approximate surface area is 127 Å². The van der Waals surface area contributed by atoms with Crippen LogP contribution in [0, 0.1) is 0 Å². The molecule has 4 nitrogen and oxygen atoms in total. The highest BCUT2D eigenvalue weighted by Crippen LogP contribution is 2.31. The fourth-order valence-electron chi connectivity index (χ4n) is 3.87. The van der Waals surface area contributed by atoms with Gasteiger partial charge in [0.15, 0.2) is 0 Å². The van der Waals surface area contributed by atoms with Crippen molar-refractivity contribution < 1.29 is 5.11 Å². The van der Waals surface area contributed by atoms with Crippen molar-refractivity contribution in [3.63, 3.8) is 0 Å². The summed E-state index contributed by atoms with van der Waals surface area (Å²) in [4.78, 5) is 7.29. The van der Waals surface area contributed by atoms with Gasteiger partial charge in [0.2, 0.25) is 0 Å². The number of aliphatic hydroxyl groups excluding tert-OH is 1. The summed E-state index contributed by atoms with van der Waals surface area (Å²) in [6.45, 7) is 1.38. The highest BCUT2D eigenvalue weighted by atomic mass is 16.3. The lowest BCUT2D eigenvalue weighted by Crippen LogP contribution is -2.40. The van der Waals surface area contributed by atoms with Crippen LogP contribution in [0.15, 0.2) is 6.07 Å². The van der Waals surface area contributed by atoms with Crippen LogP contribution in [0.2, 0.25) is 0 Å². The standard InChI is InChI=1S/C17H27N3O/c18-12-14-11-13-5-4-8-16(13)19-17(14)20(9-10-21)15-6-2-1-3-7-15/h11,15,21H,1-10,12,18H2. The Balaban J connectivity index is 1.93. The SMILES string of the molecule is NCc1cc2c(nc1N(CCO)C1CCCCC1)CCC2. The summed E-state index contributed by atoms with van der Waals surface area (Å²) in [6.07, 6.45) is 9.77. The van der Waals surface area contributed by atoms with Gasteiger partial charge in [-0.2, -0.15) is 0 Å². The maximum atomic E-state index is 9.48. The van der Waals surface area contributed by atoms with Gasteiger partial charge in [0.25, 0.3) is 0 Å². The molecular formula is C17H27N3O. The minimum absolute atomic E-state index is 0.180. The number of pyridine rings is 1. The van der Waals surface area contributed by atoms with Gasteiger partial charge in [-0.3, -0.25) is 0 Å². The molecule has 0 bridgehead atoms. The Morgan fingerprint density at radius 1 is 1.19 bits per heavy atom. The number of nitrogens with two attached hydrogens (primary N) is 1. The second-order valence-corrected chi connectivity index (χ2v) is 6.34. The summed E-state index contributed by atoms with van der Waals surface area (Å²) < 4.78 is 0. The van der Waals surface area contributed by atoms with Crippen molar-refractivity contribution in [2.45, 2.75) is 64.0 Å². The molecule has 4 heteroatoms. The summed E-state index contributed by atoms with van der Waals surface area (Å²) in [6, 6.07) is 2.78. The molecule has 0 spiro atoms. The fraction of sp³-hybridized carbons (Fsp3) is 0.706. The van der Waals surface area contributed by atoms with Crippen molar-refractivity contribution in [1.82, 2.24) is 4.98 Å². The minimum Gasteiger partial charge on any atom is -0.395 e. The largest absolute Gasteiger partial charge is 0.395 e. The predicted molar refractivity (Wildman–Crippen MR) is 85.5 cm³/mol. The smallest absolute Gasteiger partial charge is 0.133 e. The van der Waals surface area contributed by atoms with E-state index < -0.39 is 0 Å². The van der Waals surface area contributed by atoms with Gasteiger partial charge in [-0.15, -0.1) is 0 Å². The quantitative estimate of drug-likeness (QED) is 0.872. The fourth-order valence-corrected chi connectivity index (χ4v) is 3.87. The Morgan fingerprint density at radius 3 is 2.71 bits per heavy atom. The number of fused-ring (bicyclic) bond motifs is 1. The number of nitrogens with zero attached hydrogens (tertiary/aromatic N) is 2. The molecule has 2 aliphatic rings. The summed E-state index contributed by atoms with van der Waals surface area (Å²) in [7, 11) is 0. The first kappa shape index (κ1) is 14.8. The zero-order valence-electron chi connectivity index (χ0n) is 12.9. The molecule has 3 N–H and O–H groups in total. The van der Waals surface area contributed by atoms with Crippen molar-refractivity contribution >= 4 is 5.82 Å². The lowest BCUT2D eigenvalue weighted by Gasteiger charge is -2.36. The Hall–Kier alpha value is -1.13. The molecule has 0 atom stereocenters. The Bertz CT molecular complexity index is 483. The topological polar surface area (TPSA) is 62.4 Å². The first-order valence-electron chi connectivity index (χ1n) is 8.42. The predicted octanol–water partition coefficient (Wildman–Crippen LogP) is 2.16. The molecule has 3 rings (SSSR count). The third-order valence-corrected chi connectivity index (χ3v) is 4.96. The van der Waals surface area contributed by atoms with E-state index in [0.717, 1.165) is 24.2 Å². The molecule has 1 saturated carbocycles. The van der Waals surface area contributed by atoms with Crippen LogP contribution in [-0.4, -0.2) is 29.3 Å². The van der Waals surface area contributed by atoms with Crippen LogP contribution in [0.1, 0.15) is 55.3 Å². The monoisotopic (exact) mass is 289 g/mol. The van der Waals surface area contributed by atoms with E-state index in [1.54, 1.807) is 0 Å². The molecule has 0 saturated heterocycles. The normalized spacial score (nSPS) is 18.8. The van der Waals surface area contributed by atoms with E-state index in [9.17, 15) is 5.11 Å². The molecule has 21 heavy (non-hydrogen) atoms. The average molecular weight is 289 g/mol. The molecule has 116 valence electrons. The van der Waals surface area contributed by atoms with Gasteiger partial charge in [-0.05, 0) is 43.7 Å². The molecule has 2 aliphatic carbocycles. The number of hydrogen-bond donors (Lipinski definition) is 2. The van der Waals surface area contributed by atoms with Gasteiger partial charge in [0.1, 0.15) is 5.82 Å². The number of aryl methyl sites for hydroxylation is 2. The van der Waals surface area contributed by atoms with Gasteiger partial charge < -0.3 is 15.7 Å². The Morgan fingerprint density at radius 2 is 2.00 bits per heavy atom. The number of rotatable bonds is 5. The van der Waals surface area contributed by atoms with Crippen molar-refractivity contribution in [2.24, 2.45) is 5.73 Å². The zero-order valence-corrected chi connectivity index (χ0v) is 12.9. The molecule has 1 heterocycles. The summed E-state index contributed by atoms with van der Waals surface area (Å²) >= 11 is 0. The third kappa shape index (κ3) is 3.06. The summed E-state index contributed by atoms with van der Waals surface area (Å²) in [5, 5.41) is 9.48. The maximum Gasteiger partial charge on any atom is 0.133 e. The zero-order chi connectivity index (χ0) is 14.7. The number of anilines is 1. The van der Waals surface area contributed by atoms with E-state index in [-0.39, 0.29) is 6.61 Å². The molecule has 0 amide bonds. The Kier molecular flexibility index (Phi) is 4.76. The van der Waals surface area contributed by atoms with E-state index in [2.05, 4.69) is 11.0 Å². The lowest BCUT2D eigenvalue weighted by atomic mass is 9.93. The van der Waals surface area contributed by atoms with Gasteiger partial charge in [-0.1, -0.05) is 19.3 Å². The van der Waals surface area contributed by atoms with Gasteiger partial charge >= 0.3 is 0 Å². The molecule has 0 radical (unpaired) electrons. The van der Waals surface area contributed by atoms with E-state index in [4.69, 9.17) is 10.7 Å². The summed E-state index contributed by atoms with van der Waals surface area (Å²) in [5.74, 6) is 1.04. The number of hydrogen-bond acceptors (Lipinski definition) is 4. The molecule has 1 fully saturated rings. The van der Waals surface area contributed by atoms with Crippen molar-refractivity contribution in [3.05, 3.63) is 22.9 Å². The second kappa shape index (κ2) is 6.75. The summed E-state index contributed by atoms with van der Waals surface area (Å²) in [5.41, 5.74) is 9.76. The first-order chi connectivity index (χ1) is 10.3. The molecule has 1 aromatic rings. The van der Waals surface area contributed by atoms with E-state index in [1.165, 1.54) is 49.8 Å². The van der Waals surface area contributed by atoms with Crippen LogP contribution in [0.5, 0.6) is 0 Å². The van der Waals surface area contributed by atoms with Crippen molar-refractivity contribution in [2.75, 3.05) is 18.1 Å². The minimum atomic E-state index is 0.180. The third-order valence-electron chi connectivity index (χ3n) is 4.96. The maximum absolute atomic E-state index is 9.48. The molecule has 0 aliphatic heterocycles. The molecule has 1 aromatic heterocycles. The van der Waals surface area contributed by atoms with Crippen LogP contribution in [-0.2, 0) is 19.4 Å². The highest BCUT2D eigenvalue weighted by Gasteiger charge is 2.25. The lowest BCUT2D eigenvalue weighted by molar-refractivity contribution is 0.289. The van der Waals surface area contributed by atoms with Gasteiger partial charge in [-0.25, -0.2) is 4.98 Å². The van der Waals surface area contributed by atoms with Crippen LogP contribution >= 0.6 is 0 Å². The van der Waals surface area contributed by atoms with Crippen LogP contribution in [0.25, 0.3) is 0 Å². The van der Waals surface area contributed by atoms with Crippen molar-refractivity contribution in [1.29, 1.82) is 0 Å². The van der Waals surface area contributed by atoms with Gasteiger partial charge in [0, 0.05) is 30.4 Å². The van der Waals surface area contributed by atoms with E-state index >= 15 is 0 Å². The number of aromatic nitrogens is 1. The van der Waals surface area contributed by atoms with Crippen LogP contribution in [0.3, 0.4) is 0 Å². The van der Waals surface area contributed by atoms with Crippen LogP contribution < -0.4 is 10.6 Å². The molecule has 0 unspecified atom stereocenters. The molecule has 0 aromatic carbocycles. The van der Waals surface area contributed by atoms with Crippen LogP contribution in [0.4, 0.5) is 5.82 Å². The van der Waals surface area contributed by atoms with Gasteiger partial charge in [0.05, 0.1) is 6.61 Å². The molecular weight excluding hydrogens is 262 g/mol. The second-order valence-electron chi connectivity index (χ2n) is 6.34. The average Bonchev–Trinajstić information content (AvgIpc) is 2.99.